The Hall–Kier alpha value is -5.20. The summed E-state index contributed by atoms with van der Waals surface area (Å²) in [6.45, 7) is 4.40. The standard InChI is InChI=1S/C43H31IN2O/c1-27-25-30(46-38-15-7-4-12-32(38)33-13-5-8-16-39(33)46)19-20-31(27)29-18-23-40-37(26-29)35-21-22-36-34-14-6-9-17-41(34)47-43(36)42(35)45(40)28(2)11-10-24-44-3/h4-26H,3H2,1-2H3/b24-10-,28-11+. The highest BCUT2D eigenvalue weighted by molar-refractivity contribution is 14.2. The summed E-state index contributed by atoms with van der Waals surface area (Å²) >= 11 is -0.168. The first-order chi connectivity index (χ1) is 23.1. The average Bonchev–Trinajstić information content (AvgIpc) is 3.76. The van der Waals surface area contributed by atoms with Crippen LogP contribution in [0.25, 0.3) is 88.1 Å². The van der Waals surface area contributed by atoms with Crippen LogP contribution in [-0.4, -0.2) is 13.6 Å². The first-order valence-corrected chi connectivity index (χ1v) is 18.6. The normalized spacial score (nSPS) is 12.7. The maximum atomic E-state index is 6.58. The van der Waals surface area contributed by atoms with Gasteiger partial charge in [-0.2, -0.15) is 0 Å². The van der Waals surface area contributed by atoms with Crippen LogP contribution in [-0.2, 0) is 0 Å². The van der Waals surface area contributed by atoms with Gasteiger partial charge in [0.1, 0.15) is 5.58 Å². The Morgan fingerprint density at radius 2 is 1.38 bits per heavy atom. The monoisotopic (exact) mass is 718 g/mol. The summed E-state index contributed by atoms with van der Waals surface area (Å²) in [5, 5.41) is 7.24. The fraction of sp³-hybridized carbons (Fsp3) is 0.0465. The van der Waals surface area contributed by atoms with Crippen molar-refractivity contribution >= 4 is 96.5 Å². The van der Waals surface area contributed by atoms with Gasteiger partial charge in [0.05, 0.1) is 22.1 Å². The maximum Gasteiger partial charge on any atom is 0.160 e. The first kappa shape index (κ1) is 28.1. The van der Waals surface area contributed by atoms with E-state index in [0.717, 1.165) is 33.2 Å². The van der Waals surface area contributed by atoms with E-state index in [-0.39, 0.29) is 20.7 Å². The summed E-state index contributed by atoms with van der Waals surface area (Å²) in [4.78, 5) is 0. The van der Waals surface area contributed by atoms with Gasteiger partial charge in [-0.25, -0.2) is 0 Å². The molecular formula is C43H31IN2O. The first-order valence-electron chi connectivity index (χ1n) is 15.8. The molecule has 0 aliphatic rings. The van der Waals surface area contributed by atoms with Gasteiger partial charge in [-0.1, -0.05) is 83.4 Å². The number of hydrogen-bond donors (Lipinski definition) is 0. The van der Waals surface area contributed by atoms with Crippen molar-refractivity contribution in [1.29, 1.82) is 0 Å². The molecule has 226 valence electrons. The lowest BCUT2D eigenvalue weighted by atomic mass is 9.98. The number of para-hydroxylation sites is 3. The Bertz CT molecular complexity index is 2730. The molecule has 0 fully saturated rings. The third kappa shape index (κ3) is 4.28. The number of aromatic nitrogens is 2. The van der Waals surface area contributed by atoms with Crippen LogP contribution in [0.5, 0.6) is 0 Å². The van der Waals surface area contributed by atoms with Crippen LogP contribution < -0.4 is 0 Å². The summed E-state index contributed by atoms with van der Waals surface area (Å²) in [6.07, 6.45) is 4.33. The molecule has 0 spiro atoms. The zero-order valence-corrected chi connectivity index (χ0v) is 28.3. The largest absolute Gasteiger partial charge is 0.454 e. The Morgan fingerprint density at radius 3 is 2.13 bits per heavy atom. The Morgan fingerprint density at radius 1 is 0.681 bits per heavy atom. The van der Waals surface area contributed by atoms with Crippen LogP contribution in [0.1, 0.15) is 12.5 Å². The van der Waals surface area contributed by atoms with Gasteiger partial charge in [-0.3, -0.25) is 0 Å². The SMILES string of the molecule is C=I/C=C\C=C(/C)n1c2ccc(-c3ccc(-n4c5ccccc5c5ccccc54)cc3C)cc2c2ccc3c4ccccc4oc3c21. The Balaban J connectivity index is 1.25. The van der Waals surface area contributed by atoms with E-state index in [2.05, 4.69) is 159 Å². The van der Waals surface area contributed by atoms with Crippen molar-refractivity contribution in [3.63, 3.8) is 0 Å². The van der Waals surface area contributed by atoms with Crippen molar-refractivity contribution in [2.45, 2.75) is 13.8 Å². The average molecular weight is 719 g/mol. The smallest absolute Gasteiger partial charge is 0.160 e. The molecule has 9 rings (SSSR count). The van der Waals surface area contributed by atoms with Crippen LogP contribution >= 0.6 is 20.7 Å². The van der Waals surface area contributed by atoms with E-state index in [1.807, 2.05) is 6.07 Å². The second kappa shape index (κ2) is 11.0. The summed E-state index contributed by atoms with van der Waals surface area (Å²) in [7, 11) is 0. The molecule has 0 atom stereocenters. The molecule has 0 saturated heterocycles. The van der Waals surface area contributed by atoms with Gasteiger partial charge in [0.25, 0.3) is 0 Å². The molecule has 0 aliphatic carbocycles. The number of allylic oxidation sites excluding steroid dienone is 3. The number of furan rings is 1. The van der Waals surface area contributed by atoms with Crippen LogP contribution in [0.3, 0.4) is 0 Å². The highest BCUT2D eigenvalue weighted by Crippen LogP contribution is 2.42. The van der Waals surface area contributed by atoms with Crippen molar-refractivity contribution in [2.24, 2.45) is 0 Å². The van der Waals surface area contributed by atoms with Gasteiger partial charge in [-0.15, -0.1) is 20.7 Å². The lowest BCUT2D eigenvalue weighted by Crippen LogP contribution is -1.96. The minimum atomic E-state index is -0.168. The minimum absolute atomic E-state index is 0.168. The lowest BCUT2D eigenvalue weighted by molar-refractivity contribution is 0.671. The quantitative estimate of drug-likeness (QED) is 0.128. The summed E-state index contributed by atoms with van der Waals surface area (Å²) < 4.78 is 17.6. The van der Waals surface area contributed by atoms with Gasteiger partial charge < -0.3 is 13.6 Å². The van der Waals surface area contributed by atoms with E-state index >= 15 is 0 Å². The predicted octanol–water partition coefficient (Wildman–Crippen LogP) is 12.5. The van der Waals surface area contributed by atoms with Crippen molar-refractivity contribution in [3.05, 3.63) is 143 Å². The molecule has 9 aromatic rings. The maximum absolute atomic E-state index is 6.58. The van der Waals surface area contributed by atoms with E-state index in [1.165, 1.54) is 60.5 Å². The molecular weight excluding hydrogens is 687 g/mol. The van der Waals surface area contributed by atoms with Crippen molar-refractivity contribution in [1.82, 2.24) is 9.13 Å². The zero-order valence-electron chi connectivity index (χ0n) is 26.2. The third-order valence-electron chi connectivity index (χ3n) is 9.48. The predicted molar refractivity (Wildman–Crippen MR) is 211 cm³/mol. The van der Waals surface area contributed by atoms with Crippen LogP contribution in [0.4, 0.5) is 0 Å². The molecule has 0 N–H and O–H groups in total. The number of fused-ring (bicyclic) bond motifs is 10. The molecule has 0 aliphatic heterocycles. The highest BCUT2D eigenvalue weighted by Gasteiger charge is 2.20. The second-order valence-corrected chi connectivity index (χ2v) is 13.8. The van der Waals surface area contributed by atoms with E-state index in [0.29, 0.717) is 0 Å². The van der Waals surface area contributed by atoms with E-state index in [9.17, 15) is 0 Å². The number of nitrogens with zero attached hydrogens (tertiary/aromatic N) is 2. The zero-order chi connectivity index (χ0) is 31.6. The van der Waals surface area contributed by atoms with Gasteiger partial charge in [0.2, 0.25) is 0 Å². The number of halogens is 1. The van der Waals surface area contributed by atoms with E-state index in [1.54, 1.807) is 0 Å². The second-order valence-electron chi connectivity index (χ2n) is 12.2. The third-order valence-corrected chi connectivity index (χ3v) is 10.4. The molecule has 0 radical (unpaired) electrons. The molecule has 3 aromatic heterocycles. The van der Waals surface area contributed by atoms with Crippen LogP contribution in [0.15, 0.2) is 142 Å². The number of aryl methyl sites for hydroxylation is 1. The molecule has 6 aromatic carbocycles. The van der Waals surface area contributed by atoms with Gasteiger partial charge >= 0.3 is 0 Å². The van der Waals surface area contributed by atoms with E-state index in [4.69, 9.17) is 4.42 Å². The minimum Gasteiger partial charge on any atom is -0.454 e. The summed E-state index contributed by atoms with van der Waals surface area (Å²) in [6, 6.07) is 43.9. The van der Waals surface area contributed by atoms with Gasteiger partial charge in [0.15, 0.2) is 5.58 Å². The molecule has 0 amide bonds. The Kier molecular flexibility index (Phi) is 6.54. The molecule has 0 bridgehead atoms. The van der Waals surface area contributed by atoms with Crippen LogP contribution in [0, 0.1) is 6.92 Å². The fourth-order valence-corrected chi connectivity index (χ4v) is 7.93. The van der Waals surface area contributed by atoms with Crippen molar-refractivity contribution in [3.8, 4) is 16.8 Å². The molecule has 3 heterocycles. The van der Waals surface area contributed by atoms with Gasteiger partial charge in [0, 0.05) is 43.7 Å². The molecule has 47 heavy (non-hydrogen) atoms. The van der Waals surface area contributed by atoms with Crippen LogP contribution in [0.2, 0.25) is 0 Å². The molecule has 0 unspecified atom stereocenters. The summed E-state index contributed by atoms with van der Waals surface area (Å²) in [5.74, 6) is 0. The summed E-state index contributed by atoms with van der Waals surface area (Å²) in [5.41, 5.74) is 12.6. The number of hydrogen-bond acceptors (Lipinski definition) is 1. The van der Waals surface area contributed by atoms with E-state index < -0.39 is 0 Å². The number of benzene rings is 6. The fourth-order valence-electron chi connectivity index (χ4n) is 7.43. The Labute approximate surface area is 282 Å². The van der Waals surface area contributed by atoms with Crippen molar-refractivity contribution in [2.75, 3.05) is 0 Å². The molecule has 3 nitrogen and oxygen atoms in total. The number of rotatable bonds is 5. The molecule has 0 saturated carbocycles. The van der Waals surface area contributed by atoms with Gasteiger partial charge in [-0.05, 0) is 89.2 Å². The topological polar surface area (TPSA) is 23.0 Å². The highest BCUT2D eigenvalue weighted by atomic mass is 127. The molecule has 4 heteroatoms. The lowest BCUT2D eigenvalue weighted by Gasteiger charge is -2.13. The van der Waals surface area contributed by atoms with Crippen molar-refractivity contribution < 1.29 is 4.42 Å².